The first kappa shape index (κ1) is 24.5. The van der Waals surface area contributed by atoms with Gasteiger partial charge in [0.2, 0.25) is 0 Å². The maximum absolute atomic E-state index is 12.5. The molecule has 35 heavy (non-hydrogen) atoms. The van der Waals surface area contributed by atoms with Crippen molar-refractivity contribution in [2.75, 3.05) is 20.0 Å². The fourth-order valence-corrected chi connectivity index (χ4v) is 4.32. The number of rotatable bonds is 9. The van der Waals surface area contributed by atoms with Gasteiger partial charge in [-0.15, -0.1) is 10.2 Å². The number of para-hydroxylation sites is 1. The number of amides is 1. The van der Waals surface area contributed by atoms with E-state index in [1.54, 1.807) is 20.3 Å². The van der Waals surface area contributed by atoms with Crippen molar-refractivity contribution < 1.29 is 14.3 Å². The normalized spacial score (nSPS) is 10.9. The molecule has 0 aliphatic rings. The van der Waals surface area contributed by atoms with E-state index in [2.05, 4.69) is 36.7 Å². The number of hydrogen-bond acceptors (Lipinski definition) is 7. The van der Waals surface area contributed by atoms with Crippen molar-refractivity contribution in [3.8, 4) is 28.6 Å². The van der Waals surface area contributed by atoms with Gasteiger partial charge in [-0.25, -0.2) is 5.43 Å². The Bertz CT molecular complexity index is 1330. The summed E-state index contributed by atoms with van der Waals surface area (Å²) in [7, 11) is 3.11. The molecule has 0 saturated heterocycles. The van der Waals surface area contributed by atoms with Crippen LogP contribution < -0.4 is 14.9 Å². The van der Waals surface area contributed by atoms with Crippen molar-refractivity contribution in [3.63, 3.8) is 0 Å². The number of benzene rings is 3. The second-order valence-corrected chi connectivity index (χ2v) is 9.01. The zero-order valence-electron chi connectivity index (χ0n) is 19.0. The lowest BCUT2D eigenvalue weighted by Gasteiger charge is -2.10. The average molecular weight is 552 g/mol. The highest BCUT2D eigenvalue weighted by Gasteiger charge is 2.17. The minimum absolute atomic E-state index is 0.107. The average Bonchev–Trinajstić information content (AvgIpc) is 3.32. The summed E-state index contributed by atoms with van der Waals surface area (Å²) in [5.74, 6) is 1.65. The smallest absolute Gasteiger partial charge is 0.250 e. The second-order valence-electron chi connectivity index (χ2n) is 7.15. The van der Waals surface area contributed by atoms with Crippen molar-refractivity contribution in [3.05, 3.63) is 82.8 Å². The highest BCUT2D eigenvalue weighted by Crippen LogP contribution is 2.30. The number of ether oxygens (including phenoxy) is 2. The van der Waals surface area contributed by atoms with Crippen molar-refractivity contribution in [2.24, 2.45) is 5.10 Å². The Morgan fingerprint density at radius 1 is 1.03 bits per heavy atom. The quantitative estimate of drug-likeness (QED) is 0.180. The van der Waals surface area contributed by atoms with Crippen LogP contribution in [-0.4, -0.2) is 46.9 Å². The van der Waals surface area contributed by atoms with Gasteiger partial charge in [0, 0.05) is 21.3 Å². The summed E-state index contributed by atoms with van der Waals surface area (Å²) in [4.78, 5) is 12.5. The maximum Gasteiger partial charge on any atom is 0.250 e. The van der Waals surface area contributed by atoms with E-state index in [-0.39, 0.29) is 11.7 Å². The number of halogens is 1. The van der Waals surface area contributed by atoms with E-state index in [0.717, 1.165) is 15.7 Å². The number of nitrogens with one attached hydrogen (secondary N) is 1. The van der Waals surface area contributed by atoms with E-state index in [1.165, 1.54) is 18.0 Å². The topological polar surface area (TPSA) is 90.6 Å². The van der Waals surface area contributed by atoms with Gasteiger partial charge in [-0.2, -0.15) is 5.10 Å². The van der Waals surface area contributed by atoms with Crippen LogP contribution in [0.5, 0.6) is 11.5 Å². The lowest BCUT2D eigenvalue weighted by molar-refractivity contribution is -0.118. The summed E-state index contributed by atoms with van der Waals surface area (Å²) < 4.78 is 13.6. The molecule has 178 valence electrons. The van der Waals surface area contributed by atoms with E-state index >= 15 is 0 Å². The van der Waals surface area contributed by atoms with Crippen LogP contribution in [-0.2, 0) is 4.79 Å². The Labute approximate surface area is 215 Å². The molecule has 1 aromatic heterocycles. The largest absolute Gasteiger partial charge is 0.493 e. The Morgan fingerprint density at radius 3 is 2.51 bits per heavy atom. The molecule has 8 nitrogen and oxygen atoms in total. The van der Waals surface area contributed by atoms with Gasteiger partial charge in [0.05, 0.1) is 26.2 Å². The molecule has 1 amide bonds. The molecule has 3 aromatic carbocycles. The molecule has 0 unspecified atom stereocenters. The molecule has 4 aromatic rings. The molecule has 0 aliphatic heterocycles. The van der Waals surface area contributed by atoms with Crippen molar-refractivity contribution >= 4 is 39.8 Å². The number of nitrogens with zero attached hydrogens (tertiary/aromatic N) is 4. The Kier molecular flexibility index (Phi) is 8.17. The van der Waals surface area contributed by atoms with Gasteiger partial charge in [-0.05, 0) is 36.4 Å². The van der Waals surface area contributed by atoms with Crippen LogP contribution >= 0.6 is 27.7 Å². The first-order valence-corrected chi connectivity index (χ1v) is 12.3. The number of carbonyl (C=O) groups excluding carboxylic acids is 1. The summed E-state index contributed by atoms with van der Waals surface area (Å²) in [6, 6.07) is 23.1. The molecular weight excluding hydrogens is 530 g/mol. The Morgan fingerprint density at radius 2 is 1.80 bits per heavy atom. The van der Waals surface area contributed by atoms with Crippen LogP contribution in [0.25, 0.3) is 17.1 Å². The molecule has 0 spiro atoms. The highest BCUT2D eigenvalue weighted by atomic mass is 79.9. The fraction of sp³-hybridized carbons (Fsp3) is 0.120. The predicted octanol–water partition coefficient (Wildman–Crippen LogP) is 4.96. The number of hydrazone groups is 1. The molecular formula is C25H22BrN5O3S. The SMILES string of the molecule is COc1cccc(C=NNC(=O)CSc2nnc(-c3ccccc3)n2-c2ccc(Br)cc2)c1OC. The summed E-state index contributed by atoms with van der Waals surface area (Å²) in [6.45, 7) is 0. The summed E-state index contributed by atoms with van der Waals surface area (Å²) in [5.41, 5.74) is 5.05. The maximum atomic E-state index is 12.5. The van der Waals surface area contributed by atoms with Crippen LogP contribution in [0.1, 0.15) is 5.56 Å². The van der Waals surface area contributed by atoms with Gasteiger partial charge < -0.3 is 9.47 Å². The van der Waals surface area contributed by atoms with Crippen LogP contribution in [0.2, 0.25) is 0 Å². The standard InChI is InChI=1S/C25H22BrN5O3S/c1-33-21-10-6-9-18(23(21)34-2)15-27-28-22(32)16-35-25-30-29-24(17-7-4-3-5-8-17)31(25)20-13-11-19(26)12-14-20/h3-15H,16H2,1-2H3,(H,28,32). The van der Waals surface area contributed by atoms with Crippen LogP contribution in [0.3, 0.4) is 0 Å². The monoisotopic (exact) mass is 551 g/mol. The minimum atomic E-state index is -0.278. The molecule has 0 fully saturated rings. The van der Waals surface area contributed by atoms with Gasteiger partial charge in [0.1, 0.15) is 0 Å². The molecule has 0 aliphatic carbocycles. The predicted molar refractivity (Wildman–Crippen MR) is 141 cm³/mol. The molecule has 4 rings (SSSR count). The number of aromatic nitrogens is 3. The molecule has 0 bridgehead atoms. The van der Waals surface area contributed by atoms with Gasteiger partial charge in [0.25, 0.3) is 5.91 Å². The van der Waals surface area contributed by atoms with Gasteiger partial charge >= 0.3 is 0 Å². The molecule has 10 heteroatoms. The number of thioether (sulfide) groups is 1. The van der Waals surface area contributed by atoms with Gasteiger partial charge in [0.15, 0.2) is 22.5 Å². The third-order valence-corrected chi connectivity index (χ3v) is 6.37. The van der Waals surface area contributed by atoms with Crippen LogP contribution in [0.15, 0.2) is 87.5 Å². The van der Waals surface area contributed by atoms with E-state index in [4.69, 9.17) is 9.47 Å². The molecule has 0 radical (unpaired) electrons. The fourth-order valence-electron chi connectivity index (χ4n) is 3.31. The third kappa shape index (κ3) is 5.90. The zero-order chi connectivity index (χ0) is 24.6. The van der Waals surface area contributed by atoms with Crippen molar-refractivity contribution in [1.29, 1.82) is 0 Å². The highest BCUT2D eigenvalue weighted by molar-refractivity contribution is 9.10. The Hall–Kier alpha value is -3.63. The van der Waals surface area contributed by atoms with Crippen LogP contribution in [0.4, 0.5) is 0 Å². The summed E-state index contributed by atoms with van der Waals surface area (Å²) >= 11 is 4.75. The van der Waals surface area contributed by atoms with Crippen LogP contribution in [0, 0.1) is 0 Å². The van der Waals surface area contributed by atoms with Crippen molar-refractivity contribution in [2.45, 2.75) is 5.16 Å². The van der Waals surface area contributed by atoms with Gasteiger partial charge in [-0.1, -0.05) is 64.1 Å². The van der Waals surface area contributed by atoms with E-state index < -0.39 is 0 Å². The first-order valence-electron chi connectivity index (χ1n) is 10.5. The zero-order valence-corrected chi connectivity index (χ0v) is 21.4. The molecule has 0 saturated carbocycles. The lowest BCUT2D eigenvalue weighted by atomic mass is 10.2. The van der Waals surface area contributed by atoms with E-state index in [9.17, 15) is 4.79 Å². The number of carbonyl (C=O) groups is 1. The summed E-state index contributed by atoms with van der Waals surface area (Å²) in [6.07, 6.45) is 1.52. The molecule has 0 atom stereocenters. The number of hydrogen-bond donors (Lipinski definition) is 1. The van der Waals surface area contributed by atoms with E-state index in [0.29, 0.717) is 28.0 Å². The second kappa shape index (κ2) is 11.7. The van der Waals surface area contributed by atoms with E-state index in [1.807, 2.05) is 71.3 Å². The molecule has 1 N–H and O–H groups in total. The Balaban J connectivity index is 1.49. The number of methoxy groups -OCH3 is 2. The third-order valence-electron chi connectivity index (χ3n) is 4.91. The lowest BCUT2D eigenvalue weighted by Crippen LogP contribution is -2.20. The minimum Gasteiger partial charge on any atom is -0.493 e. The van der Waals surface area contributed by atoms with Gasteiger partial charge in [-0.3, -0.25) is 9.36 Å². The van der Waals surface area contributed by atoms with Crippen molar-refractivity contribution in [1.82, 2.24) is 20.2 Å². The molecule has 1 heterocycles. The summed E-state index contributed by atoms with van der Waals surface area (Å²) in [5, 5.41) is 13.4. The first-order chi connectivity index (χ1) is 17.1.